The number of carbonyl (C=O) groups excluding carboxylic acids is 5. The Morgan fingerprint density at radius 1 is 0.640 bits per heavy atom. The first-order chi connectivity index (χ1) is 23.5. The van der Waals surface area contributed by atoms with Gasteiger partial charge in [-0.25, -0.2) is 9.59 Å². The first kappa shape index (κ1) is 47.3. The van der Waals surface area contributed by atoms with E-state index in [-0.39, 0.29) is 45.0 Å². The van der Waals surface area contributed by atoms with Gasteiger partial charge in [0.05, 0.1) is 19.8 Å². The average Bonchev–Trinajstić information content (AvgIpc) is 3.00. The molecule has 0 bridgehead atoms. The molecule has 0 rings (SSSR count). The average molecular weight is 733 g/mol. The molecule has 0 spiro atoms. The van der Waals surface area contributed by atoms with Crippen LogP contribution < -0.4 is 10.6 Å². The number of carboxylic acids is 1. The number of aliphatic carboxylic acids is 1. The number of nitrogens with one attached hydrogen (secondary N) is 2. The van der Waals surface area contributed by atoms with E-state index >= 15 is 0 Å². The van der Waals surface area contributed by atoms with E-state index < -0.39 is 46.8 Å². The first-order valence-corrected chi connectivity index (χ1v) is 19.2. The molecule has 2 amide bonds. The van der Waals surface area contributed by atoms with Crippen molar-refractivity contribution >= 4 is 47.3 Å². The van der Waals surface area contributed by atoms with Crippen molar-refractivity contribution in [2.24, 2.45) is 0 Å². The Morgan fingerprint density at radius 3 is 1.76 bits per heavy atom. The molecule has 0 aliphatic carbocycles. The maximum absolute atomic E-state index is 12.3. The molecule has 1 atom stereocenters. The molecule has 290 valence electrons. The molecule has 0 aromatic carbocycles. The zero-order valence-corrected chi connectivity index (χ0v) is 32.2. The van der Waals surface area contributed by atoms with Gasteiger partial charge in [-0.1, -0.05) is 38.5 Å². The van der Waals surface area contributed by atoms with Crippen LogP contribution in [-0.4, -0.2) is 102 Å². The van der Waals surface area contributed by atoms with Crippen LogP contribution in [0.4, 0.5) is 0 Å². The minimum absolute atomic E-state index is 0.00541. The Morgan fingerprint density at radius 2 is 1.18 bits per heavy atom. The summed E-state index contributed by atoms with van der Waals surface area (Å²) >= 11 is 1.98. The summed E-state index contributed by atoms with van der Waals surface area (Å²) in [6.07, 6.45) is 10.7. The predicted molar refractivity (Wildman–Crippen MR) is 193 cm³/mol. The van der Waals surface area contributed by atoms with Gasteiger partial charge in [-0.3, -0.25) is 19.2 Å². The van der Waals surface area contributed by atoms with Gasteiger partial charge in [0.25, 0.3) is 0 Å². The van der Waals surface area contributed by atoms with E-state index in [4.69, 9.17) is 24.1 Å². The lowest BCUT2D eigenvalue weighted by Crippen LogP contribution is -2.45. The second-order valence-electron chi connectivity index (χ2n) is 14.2. The van der Waals surface area contributed by atoms with Crippen molar-refractivity contribution in [1.29, 1.82) is 0 Å². The largest absolute Gasteiger partial charge is 0.481 e. The summed E-state index contributed by atoms with van der Waals surface area (Å²) in [7, 11) is 0. The minimum Gasteiger partial charge on any atom is -0.481 e. The van der Waals surface area contributed by atoms with Gasteiger partial charge in [0, 0.05) is 25.8 Å². The molecule has 0 fully saturated rings. The Bertz CT molecular complexity index is 1010. The highest BCUT2D eigenvalue weighted by Gasteiger charge is 2.27. The Balaban J connectivity index is 3.64. The second-order valence-corrected chi connectivity index (χ2v) is 15.4. The lowest BCUT2D eigenvalue weighted by atomic mass is 10.1. The monoisotopic (exact) mass is 732 g/mol. The molecule has 0 aromatic rings. The molecule has 1 unspecified atom stereocenters. The van der Waals surface area contributed by atoms with E-state index in [9.17, 15) is 28.8 Å². The zero-order valence-electron chi connectivity index (χ0n) is 31.4. The number of hydrogen-bond acceptors (Lipinski definition) is 11. The van der Waals surface area contributed by atoms with Crippen molar-refractivity contribution in [2.45, 2.75) is 149 Å². The number of carboxylic acid groups (broad SMARTS) is 1. The van der Waals surface area contributed by atoms with Crippen molar-refractivity contribution in [1.82, 2.24) is 10.6 Å². The Labute approximate surface area is 303 Å². The van der Waals surface area contributed by atoms with Gasteiger partial charge in [-0.05, 0) is 85.2 Å². The molecule has 14 heteroatoms. The number of carbonyl (C=O) groups is 6. The summed E-state index contributed by atoms with van der Waals surface area (Å²) in [6, 6.07) is -1.09. The lowest BCUT2D eigenvalue weighted by molar-refractivity contribution is -0.162. The van der Waals surface area contributed by atoms with E-state index in [1.54, 1.807) is 41.5 Å². The fourth-order valence-corrected chi connectivity index (χ4v) is 5.46. The highest BCUT2D eigenvalue weighted by molar-refractivity contribution is 7.99. The van der Waals surface area contributed by atoms with E-state index in [0.29, 0.717) is 19.6 Å². The topological polar surface area (TPSA) is 184 Å². The van der Waals surface area contributed by atoms with Gasteiger partial charge < -0.3 is 34.7 Å². The van der Waals surface area contributed by atoms with E-state index in [0.717, 1.165) is 69.3 Å². The summed E-state index contributed by atoms with van der Waals surface area (Å²) in [6.45, 7) is 11.0. The van der Waals surface area contributed by atoms with Gasteiger partial charge >= 0.3 is 17.9 Å². The van der Waals surface area contributed by atoms with Crippen LogP contribution in [-0.2, 0) is 47.7 Å². The molecule has 0 aliphatic rings. The second kappa shape index (κ2) is 27.9. The maximum atomic E-state index is 12.3. The molecule has 0 heterocycles. The van der Waals surface area contributed by atoms with Gasteiger partial charge in [-0.15, -0.1) is 0 Å². The Hall–Kier alpha value is -2.71. The van der Waals surface area contributed by atoms with E-state index in [1.807, 2.05) is 11.8 Å². The van der Waals surface area contributed by atoms with Crippen molar-refractivity contribution in [3.8, 4) is 0 Å². The molecule has 0 saturated heterocycles. The number of Topliss-reactive ketones (excluding diaryl/α,β-unsaturated/α-hetero) is 1. The fraction of sp³-hybridized carbons (Fsp3) is 0.833. The number of hydrogen-bond donors (Lipinski definition) is 3. The van der Waals surface area contributed by atoms with Crippen LogP contribution in [0.5, 0.6) is 0 Å². The number of thioether (sulfide) groups is 1. The van der Waals surface area contributed by atoms with Crippen LogP contribution >= 0.6 is 11.8 Å². The summed E-state index contributed by atoms with van der Waals surface area (Å²) in [5, 5.41) is 14.2. The third kappa shape index (κ3) is 31.3. The third-order valence-electron chi connectivity index (χ3n) is 6.86. The van der Waals surface area contributed by atoms with Crippen molar-refractivity contribution in [3.63, 3.8) is 0 Å². The molecular weight excluding hydrogens is 668 g/mol. The van der Waals surface area contributed by atoms with E-state index in [2.05, 4.69) is 10.6 Å². The quantitative estimate of drug-likeness (QED) is 0.0502. The van der Waals surface area contributed by atoms with Crippen LogP contribution in [0, 0.1) is 0 Å². The molecule has 0 saturated carbocycles. The zero-order chi connectivity index (χ0) is 37.8. The Kier molecular flexibility index (Phi) is 26.4. The van der Waals surface area contributed by atoms with Crippen LogP contribution in [0.3, 0.4) is 0 Å². The molecule has 0 radical (unpaired) electrons. The smallest absolute Gasteiger partial charge is 0.375 e. The summed E-state index contributed by atoms with van der Waals surface area (Å²) in [5.41, 5.74) is -1.41. The summed E-state index contributed by atoms with van der Waals surface area (Å²) in [5.74, 6) is -1.24. The predicted octanol–water partition coefficient (Wildman–Crippen LogP) is 5.15. The number of rotatable bonds is 30. The molecule has 0 aromatic heterocycles. The van der Waals surface area contributed by atoms with Gasteiger partial charge in [0.2, 0.25) is 17.6 Å². The van der Waals surface area contributed by atoms with Crippen LogP contribution in [0.1, 0.15) is 131 Å². The minimum atomic E-state index is -1.09. The van der Waals surface area contributed by atoms with Gasteiger partial charge in [-0.2, -0.15) is 11.8 Å². The van der Waals surface area contributed by atoms with E-state index in [1.165, 1.54) is 6.42 Å². The molecule has 3 N–H and O–H groups in total. The van der Waals surface area contributed by atoms with Gasteiger partial charge in [0.1, 0.15) is 23.9 Å². The van der Waals surface area contributed by atoms with Gasteiger partial charge in [0.15, 0.2) is 0 Å². The third-order valence-corrected chi connectivity index (χ3v) is 8.01. The van der Waals surface area contributed by atoms with Crippen LogP contribution in [0.15, 0.2) is 0 Å². The fourth-order valence-electron chi connectivity index (χ4n) is 4.44. The number of ether oxygens (including phenoxy) is 4. The van der Waals surface area contributed by atoms with Crippen LogP contribution in [0.25, 0.3) is 0 Å². The maximum Gasteiger partial charge on any atom is 0.375 e. The molecule has 13 nitrogen and oxygen atoms in total. The number of amides is 2. The van der Waals surface area contributed by atoms with Crippen LogP contribution in [0.2, 0.25) is 0 Å². The molecular formula is C36H64N2O11S. The lowest BCUT2D eigenvalue weighted by Gasteiger charge is -2.24. The van der Waals surface area contributed by atoms with Crippen molar-refractivity contribution in [2.75, 3.05) is 44.5 Å². The SMILES string of the molecule is CC(C)(C)OC(=O)C(=O)CCCCCCCSCCCCCCCC(=O)NCCOCCOCC(=O)NC(CCC(=O)O)C(=O)OC(C)(C)C. The summed E-state index contributed by atoms with van der Waals surface area (Å²) < 4.78 is 21.0. The highest BCUT2D eigenvalue weighted by atomic mass is 32.2. The highest BCUT2D eigenvalue weighted by Crippen LogP contribution is 2.15. The first-order valence-electron chi connectivity index (χ1n) is 18.0. The van der Waals surface area contributed by atoms with Crippen molar-refractivity contribution in [3.05, 3.63) is 0 Å². The molecule has 0 aliphatic heterocycles. The normalized spacial score (nSPS) is 12.2. The number of ketones is 1. The summed E-state index contributed by atoms with van der Waals surface area (Å²) in [4.78, 5) is 70.9. The van der Waals surface area contributed by atoms with Crippen molar-refractivity contribution < 1.29 is 52.8 Å². The molecule has 50 heavy (non-hydrogen) atoms. The number of unbranched alkanes of at least 4 members (excludes halogenated alkanes) is 8. The number of esters is 2. The standard InChI is InChI=1S/C36H64N2O11S/c1-35(2,3)48-33(44)28(19-20-32(42)43)38-31(41)27-47-24-23-46-22-21-37-30(40)18-14-10-8-12-16-26-50-25-15-11-7-9-13-17-29(39)34(45)49-36(4,5)6/h28H,7-27H2,1-6H3,(H,37,40)(H,38,41)(H,42,43).